The fraction of sp³-hybridized carbons (Fsp3) is 0.417. The molecule has 80 valence electrons. The van der Waals surface area contributed by atoms with E-state index in [9.17, 15) is 5.11 Å². The van der Waals surface area contributed by atoms with Gasteiger partial charge in [0.15, 0.2) is 0 Å². The lowest BCUT2D eigenvalue weighted by atomic mass is 10.0. The van der Waals surface area contributed by atoms with E-state index in [-0.39, 0.29) is 6.10 Å². The minimum Gasteiger partial charge on any atom is -0.389 e. The van der Waals surface area contributed by atoms with Gasteiger partial charge in [0.1, 0.15) is 0 Å². The Morgan fingerprint density at radius 3 is 3.13 bits per heavy atom. The lowest BCUT2D eigenvalue weighted by Crippen LogP contribution is -2.33. The first kappa shape index (κ1) is 10.3. The Hall–Kier alpha value is -1.19. The number of aliphatic hydroxyl groups excluding tert-OH is 1. The summed E-state index contributed by atoms with van der Waals surface area (Å²) in [5, 5.41) is 13.0. The Balaban J connectivity index is 2.21. The normalized spacial score (nSPS) is 24.4. The fourth-order valence-electron chi connectivity index (χ4n) is 1.76. The van der Waals surface area contributed by atoms with Crippen LogP contribution in [0.4, 0.5) is 0 Å². The van der Waals surface area contributed by atoms with Gasteiger partial charge in [-0.2, -0.15) is 0 Å². The van der Waals surface area contributed by atoms with E-state index < -0.39 is 0 Å². The molecule has 0 aliphatic carbocycles. The summed E-state index contributed by atoms with van der Waals surface area (Å²) in [6, 6.07) is 5.91. The quantitative estimate of drug-likeness (QED) is 0.720. The van der Waals surface area contributed by atoms with Gasteiger partial charge in [0, 0.05) is 12.2 Å². The largest absolute Gasteiger partial charge is 0.389 e. The molecular weight excluding hydrogens is 188 g/mol. The van der Waals surface area contributed by atoms with Crippen LogP contribution < -0.4 is 5.32 Å². The van der Waals surface area contributed by atoms with Gasteiger partial charge in [0.05, 0.1) is 11.8 Å². The average Bonchev–Trinajstić information content (AvgIpc) is 2.22. The molecule has 3 heteroatoms. The van der Waals surface area contributed by atoms with Crippen molar-refractivity contribution in [2.75, 3.05) is 13.1 Å². The number of piperidine rings is 1. The first-order chi connectivity index (χ1) is 7.25. The van der Waals surface area contributed by atoms with E-state index in [0.29, 0.717) is 0 Å². The van der Waals surface area contributed by atoms with Crippen molar-refractivity contribution in [3.05, 3.63) is 35.2 Å². The molecule has 2 N–H and O–H groups in total. The van der Waals surface area contributed by atoms with Crippen molar-refractivity contribution in [2.24, 2.45) is 0 Å². The van der Waals surface area contributed by atoms with Crippen LogP contribution in [0.2, 0.25) is 0 Å². The molecule has 3 nitrogen and oxygen atoms in total. The molecule has 2 heterocycles. The molecule has 0 amide bonds. The number of aromatic nitrogens is 1. The monoisotopic (exact) mass is 204 g/mol. The third-order valence-electron chi connectivity index (χ3n) is 2.59. The summed E-state index contributed by atoms with van der Waals surface area (Å²) in [5.74, 6) is 0. The Kier molecular flexibility index (Phi) is 3.14. The minimum atomic E-state index is -0.312. The molecule has 0 spiro atoms. The molecule has 1 aromatic rings. The molecule has 0 radical (unpaired) electrons. The van der Waals surface area contributed by atoms with Crippen LogP contribution in [0, 0.1) is 6.92 Å². The summed E-state index contributed by atoms with van der Waals surface area (Å²) < 4.78 is 0. The van der Waals surface area contributed by atoms with Gasteiger partial charge in [-0.3, -0.25) is 4.98 Å². The van der Waals surface area contributed by atoms with Crippen molar-refractivity contribution >= 4 is 6.08 Å². The van der Waals surface area contributed by atoms with Gasteiger partial charge in [0.2, 0.25) is 0 Å². The van der Waals surface area contributed by atoms with Gasteiger partial charge in [-0.1, -0.05) is 6.07 Å². The number of aliphatic hydroxyl groups is 1. The van der Waals surface area contributed by atoms with Gasteiger partial charge in [-0.25, -0.2) is 0 Å². The highest BCUT2D eigenvalue weighted by atomic mass is 16.3. The molecule has 1 unspecified atom stereocenters. The summed E-state index contributed by atoms with van der Waals surface area (Å²) in [6.07, 6.45) is 2.45. The topological polar surface area (TPSA) is 45.1 Å². The highest BCUT2D eigenvalue weighted by Gasteiger charge is 2.15. The number of aryl methyl sites for hydroxylation is 1. The summed E-state index contributed by atoms with van der Waals surface area (Å²) in [6.45, 7) is 3.62. The van der Waals surface area contributed by atoms with E-state index in [1.54, 1.807) is 0 Å². The molecule has 0 saturated carbocycles. The van der Waals surface area contributed by atoms with E-state index in [2.05, 4.69) is 10.3 Å². The zero-order valence-corrected chi connectivity index (χ0v) is 8.90. The molecule has 2 rings (SSSR count). The second-order valence-electron chi connectivity index (χ2n) is 3.90. The third-order valence-corrected chi connectivity index (χ3v) is 2.59. The fourth-order valence-corrected chi connectivity index (χ4v) is 1.76. The van der Waals surface area contributed by atoms with Crippen molar-refractivity contribution in [2.45, 2.75) is 19.4 Å². The third kappa shape index (κ3) is 2.64. The molecule has 1 aliphatic heterocycles. The molecule has 1 saturated heterocycles. The minimum absolute atomic E-state index is 0.312. The summed E-state index contributed by atoms with van der Waals surface area (Å²) >= 11 is 0. The van der Waals surface area contributed by atoms with Crippen LogP contribution in [0.25, 0.3) is 6.08 Å². The van der Waals surface area contributed by atoms with E-state index in [1.807, 2.05) is 31.2 Å². The lowest BCUT2D eigenvalue weighted by Gasteiger charge is -2.21. The number of hydrogen-bond acceptors (Lipinski definition) is 3. The van der Waals surface area contributed by atoms with Crippen LogP contribution >= 0.6 is 0 Å². The first-order valence-corrected chi connectivity index (χ1v) is 5.28. The zero-order valence-electron chi connectivity index (χ0n) is 8.90. The second-order valence-corrected chi connectivity index (χ2v) is 3.90. The second kappa shape index (κ2) is 4.55. The summed E-state index contributed by atoms with van der Waals surface area (Å²) in [5.41, 5.74) is 2.95. The van der Waals surface area contributed by atoms with E-state index in [1.165, 1.54) is 0 Å². The van der Waals surface area contributed by atoms with Crippen molar-refractivity contribution in [3.8, 4) is 0 Å². The van der Waals surface area contributed by atoms with Crippen LogP contribution in [0.5, 0.6) is 0 Å². The highest BCUT2D eigenvalue weighted by Crippen LogP contribution is 2.13. The first-order valence-electron chi connectivity index (χ1n) is 5.28. The van der Waals surface area contributed by atoms with E-state index >= 15 is 0 Å². The van der Waals surface area contributed by atoms with Crippen LogP contribution in [0.1, 0.15) is 17.8 Å². The van der Waals surface area contributed by atoms with E-state index in [4.69, 9.17) is 0 Å². The molecule has 0 aromatic carbocycles. The number of nitrogens with one attached hydrogen (secondary N) is 1. The Morgan fingerprint density at radius 1 is 1.53 bits per heavy atom. The lowest BCUT2D eigenvalue weighted by molar-refractivity contribution is 0.185. The van der Waals surface area contributed by atoms with Crippen molar-refractivity contribution in [1.29, 1.82) is 0 Å². The zero-order chi connectivity index (χ0) is 10.7. The maximum atomic E-state index is 9.76. The van der Waals surface area contributed by atoms with Crippen molar-refractivity contribution in [1.82, 2.24) is 10.3 Å². The van der Waals surface area contributed by atoms with Gasteiger partial charge < -0.3 is 10.4 Å². The smallest absolute Gasteiger partial charge is 0.0778 e. The van der Waals surface area contributed by atoms with Gasteiger partial charge >= 0.3 is 0 Å². The molecule has 1 atom stereocenters. The van der Waals surface area contributed by atoms with Crippen LogP contribution in [-0.2, 0) is 0 Å². The maximum absolute atomic E-state index is 9.76. The number of hydrogen-bond donors (Lipinski definition) is 2. The number of pyridine rings is 1. The number of nitrogens with zero attached hydrogens (tertiary/aromatic N) is 1. The van der Waals surface area contributed by atoms with Gasteiger partial charge in [-0.05, 0) is 43.7 Å². The Bertz CT molecular complexity index is 374. The average molecular weight is 204 g/mol. The Morgan fingerprint density at radius 2 is 2.40 bits per heavy atom. The number of rotatable bonds is 1. The molecule has 1 aliphatic rings. The maximum Gasteiger partial charge on any atom is 0.0778 e. The van der Waals surface area contributed by atoms with Crippen LogP contribution in [0.15, 0.2) is 23.8 Å². The SMILES string of the molecule is Cc1cccc(C=C2CNCCC2O)n1. The Labute approximate surface area is 89.9 Å². The van der Waals surface area contributed by atoms with Gasteiger partial charge in [0.25, 0.3) is 0 Å². The predicted octanol–water partition coefficient (Wildman–Crippen LogP) is 1.13. The van der Waals surface area contributed by atoms with Gasteiger partial charge in [-0.15, -0.1) is 0 Å². The van der Waals surface area contributed by atoms with Crippen molar-refractivity contribution < 1.29 is 5.11 Å². The molecular formula is C12H16N2O. The summed E-state index contributed by atoms with van der Waals surface area (Å²) in [7, 11) is 0. The van der Waals surface area contributed by atoms with Crippen LogP contribution in [0.3, 0.4) is 0 Å². The molecule has 1 fully saturated rings. The molecule has 1 aromatic heterocycles. The van der Waals surface area contributed by atoms with Crippen LogP contribution in [-0.4, -0.2) is 29.3 Å². The van der Waals surface area contributed by atoms with Crippen molar-refractivity contribution in [3.63, 3.8) is 0 Å². The predicted molar refractivity (Wildman–Crippen MR) is 60.4 cm³/mol. The molecule has 0 bridgehead atoms. The molecule has 15 heavy (non-hydrogen) atoms. The standard InChI is InChI=1S/C12H16N2O/c1-9-3-2-4-11(14-9)7-10-8-13-6-5-12(10)15/h2-4,7,12-13,15H,5-6,8H2,1H3. The van der Waals surface area contributed by atoms with E-state index in [0.717, 1.165) is 36.5 Å². The highest BCUT2D eigenvalue weighted by molar-refractivity contribution is 5.51. The summed E-state index contributed by atoms with van der Waals surface area (Å²) in [4.78, 5) is 4.39.